The molecule has 1 heterocycles. The topological polar surface area (TPSA) is 12.5 Å². The lowest BCUT2D eigenvalue weighted by Gasteiger charge is -2.24. The SMILES string of the molecule is C1CCCC(N2CCCO2)CC1. The Morgan fingerprint density at radius 1 is 0.917 bits per heavy atom. The molecule has 12 heavy (non-hydrogen) atoms. The predicted octanol–water partition coefficient (Wildman–Crippen LogP) is 2.35. The van der Waals surface area contributed by atoms with E-state index in [2.05, 4.69) is 5.06 Å². The zero-order valence-electron chi connectivity index (χ0n) is 7.80. The minimum Gasteiger partial charge on any atom is -0.299 e. The lowest BCUT2D eigenvalue weighted by molar-refractivity contribution is -0.143. The van der Waals surface area contributed by atoms with Gasteiger partial charge in [0.2, 0.25) is 0 Å². The average Bonchev–Trinajstić information content (AvgIpc) is 2.48. The number of rotatable bonds is 1. The highest BCUT2D eigenvalue weighted by atomic mass is 16.7. The van der Waals surface area contributed by atoms with E-state index in [0.717, 1.165) is 12.6 Å². The Labute approximate surface area is 74.8 Å². The highest BCUT2D eigenvalue weighted by Gasteiger charge is 2.23. The summed E-state index contributed by atoms with van der Waals surface area (Å²) in [6.07, 6.45) is 9.64. The predicted molar refractivity (Wildman–Crippen MR) is 48.8 cm³/mol. The number of hydrogen-bond acceptors (Lipinski definition) is 2. The molecule has 0 amide bonds. The molecule has 2 rings (SSSR count). The van der Waals surface area contributed by atoms with Crippen molar-refractivity contribution < 1.29 is 4.84 Å². The fraction of sp³-hybridized carbons (Fsp3) is 1.00. The molecule has 0 unspecified atom stereocenters. The van der Waals surface area contributed by atoms with Crippen LogP contribution < -0.4 is 0 Å². The Bertz CT molecular complexity index is 124. The largest absolute Gasteiger partial charge is 0.299 e. The molecular formula is C10H19NO. The maximum absolute atomic E-state index is 5.58. The highest BCUT2D eigenvalue weighted by Crippen LogP contribution is 2.23. The van der Waals surface area contributed by atoms with E-state index >= 15 is 0 Å². The van der Waals surface area contributed by atoms with E-state index in [-0.39, 0.29) is 0 Å². The number of hydrogen-bond donors (Lipinski definition) is 0. The molecule has 0 radical (unpaired) electrons. The molecule has 0 aromatic carbocycles. The van der Waals surface area contributed by atoms with Gasteiger partial charge >= 0.3 is 0 Å². The van der Waals surface area contributed by atoms with Crippen molar-refractivity contribution >= 4 is 0 Å². The quantitative estimate of drug-likeness (QED) is 0.559. The first-order chi connectivity index (χ1) is 5.97. The normalized spacial score (nSPS) is 29.0. The summed E-state index contributed by atoms with van der Waals surface area (Å²) >= 11 is 0. The fourth-order valence-corrected chi connectivity index (χ4v) is 2.30. The van der Waals surface area contributed by atoms with Gasteiger partial charge in [0.15, 0.2) is 0 Å². The molecule has 0 aromatic rings. The smallest absolute Gasteiger partial charge is 0.0698 e. The Balaban J connectivity index is 1.83. The molecule has 0 N–H and O–H groups in total. The maximum Gasteiger partial charge on any atom is 0.0698 e. The third-order valence-corrected chi connectivity index (χ3v) is 3.01. The van der Waals surface area contributed by atoms with Gasteiger partial charge < -0.3 is 0 Å². The van der Waals surface area contributed by atoms with Gasteiger partial charge in [-0.3, -0.25) is 4.84 Å². The van der Waals surface area contributed by atoms with Crippen LogP contribution in [0.25, 0.3) is 0 Å². The molecule has 0 bridgehead atoms. The van der Waals surface area contributed by atoms with E-state index in [1.807, 2.05) is 0 Å². The van der Waals surface area contributed by atoms with Crippen LogP contribution in [-0.4, -0.2) is 24.3 Å². The Morgan fingerprint density at radius 3 is 2.25 bits per heavy atom. The van der Waals surface area contributed by atoms with Gasteiger partial charge in [-0.05, 0) is 19.3 Å². The van der Waals surface area contributed by atoms with Crippen LogP contribution in [0.15, 0.2) is 0 Å². The molecule has 1 aliphatic carbocycles. The summed E-state index contributed by atoms with van der Waals surface area (Å²) in [4.78, 5) is 5.58. The third-order valence-electron chi connectivity index (χ3n) is 3.01. The van der Waals surface area contributed by atoms with Crippen LogP contribution in [0.5, 0.6) is 0 Å². The van der Waals surface area contributed by atoms with Crippen LogP contribution in [0.3, 0.4) is 0 Å². The zero-order valence-corrected chi connectivity index (χ0v) is 7.80. The molecular weight excluding hydrogens is 150 g/mol. The Hall–Kier alpha value is -0.0800. The number of nitrogens with zero attached hydrogens (tertiary/aromatic N) is 1. The van der Waals surface area contributed by atoms with Crippen molar-refractivity contribution in [3.05, 3.63) is 0 Å². The molecule has 70 valence electrons. The first-order valence-corrected chi connectivity index (χ1v) is 5.36. The van der Waals surface area contributed by atoms with Crippen LogP contribution in [-0.2, 0) is 4.84 Å². The van der Waals surface area contributed by atoms with Gasteiger partial charge in [0.1, 0.15) is 0 Å². The second-order valence-electron chi connectivity index (χ2n) is 3.97. The first-order valence-electron chi connectivity index (χ1n) is 5.36. The molecule has 2 nitrogen and oxygen atoms in total. The molecule has 2 heteroatoms. The summed E-state index contributed by atoms with van der Waals surface area (Å²) in [6, 6.07) is 0.745. The van der Waals surface area contributed by atoms with Crippen LogP contribution in [0.2, 0.25) is 0 Å². The van der Waals surface area contributed by atoms with Crippen molar-refractivity contribution in [2.75, 3.05) is 13.2 Å². The van der Waals surface area contributed by atoms with Gasteiger partial charge in [-0.25, -0.2) is 0 Å². The lowest BCUT2D eigenvalue weighted by atomic mass is 10.1. The zero-order chi connectivity index (χ0) is 8.23. The summed E-state index contributed by atoms with van der Waals surface area (Å²) in [6.45, 7) is 2.13. The van der Waals surface area contributed by atoms with E-state index in [9.17, 15) is 0 Å². The molecule has 2 fully saturated rings. The van der Waals surface area contributed by atoms with E-state index in [1.165, 1.54) is 51.5 Å². The van der Waals surface area contributed by atoms with Crippen molar-refractivity contribution in [3.8, 4) is 0 Å². The average molecular weight is 169 g/mol. The van der Waals surface area contributed by atoms with Crippen molar-refractivity contribution in [3.63, 3.8) is 0 Å². The van der Waals surface area contributed by atoms with Gasteiger partial charge in [0, 0.05) is 12.6 Å². The van der Waals surface area contributed by atoms with E-state index < -0.39 is 0 Å². The Kier molecular flexibility index (Phi) is 3.01. The van der Waals surface area contributed by atoms with Crippen molar-refractivity contribution in [1.29, 1.82) is 0 Å². The van der Waals surface area contributed by atoms with E-state index in [0.29, 0.717) is 0 Å². The standard InChI is InChI=1S/C10H19NO/c1-2-4-7-10(6-3-1)11-8-5-9-12-11/h10H,1-9H2. The molecule has 1 saturated carbocycles. The second kappa shape index (κ2) is 4.24. The Morgan fingerprint density at radius 2 is 1.67 bits per heavy atom. The summed E-state index contributed by atoms with van der Waals surface area (Å²) in [5, 5.41) is 2.24. The maximum atomic E-state index is 5.58. The van der Waals surface area contributed by atoms with E-state index in [4.69, 9.17) is 4.84 Å². The van der Waals surface area contributed by atoms with E-state index in [1.54, 1.807) is 0 Å². The molecule has 2 aliphatic rings. The van der Waals surface area contributed by atoms with Crippen LogP contribution in [0.4, 0.5) is 0 Å². The van der Waals surface area contributed by atoms with Crippen molar-refractivity contribution in [2.45, 2.75) is 51.0 Å². The molecule has 1 saturated heterocycles. The molecule has 0 spiro atoms. The third kappa shape index (κ3) is 1.99. The summed E-state index contributed by atoms with van der Waals surface area (Å²) in [5.74, 6) is 0. The van der Waals surface area contributed by atoms with Gasteiger partial charge in [-0.2, -0.15) is 5.06 Å². The molecule has 0 atom stereocenters. The second-order valence-corrected chi connectivity index (χ2v) is 3.97. The summed E-state index contributed by atoms with van der Waals surface area (Å²) in [7, 11) is 0. The van der Waals surface area contributed by atoms with Crippen molar-refractivity contribution in [1.82, 2.24) is 5.06 Å². The highest BCUT2D eigenvalue weighted by molar-refractivity contribution is 4.71. The molecule has 1 aliphatic heterocycles. The van der Waals surface area contributed by atoms with Gasteiger partial charge in [-0.1, -0.05) is 25.7 Å². The monoisotopic (exact) mass is 169 g/mol. The molecule has 0 aromatic heterocycles. The number of hydroxylamine groups is 2. The summed E-state index contributed by atoms with van der Waals surface area (Å²) in [5.41, 5.74) is 0. The van der Waals surface area contributed by atoms with Gasteiger partial charge in [0.25, 0.3) is 0 Å². The minimum atomic E-state index is 0.745. The van der Waals surface area contributed by atoms with Gasteiger partial charge in [-0.15, -0.1) is 0 Å². The first kappa shape index (κ1) is 8.52. The van der Waals surface area contributed by atoms with Crippen LogP contribution in [0, 0.1) is 0 Å². The summed E-state index contributed by atoms with van der Waals surface area (Å²) < 4.78 is 0. The lowest BCUT2D eigenvalue weighted by Crippen LogP contribution is -2.31. The van der Waals surface area contributed by atoms with Crippen LogP contribution >= 0.6 is 0 Å². The van der Waals surface area contributed by atoms with Gasteiger partial charge in [0.05, 0.1) is 6.61 Å². The van der Waals surface area contributed by atoms with Crippen LogP contribution in [0.1, 0.15) is 44.9 Å². The fourth-order valence-electron chi connectivity index (χ4n) is 2.30. The minimum absolute atomic E-state index is 0.745. The van der Waals surface area contributed by atoms with Crippen molar-refractivity contribution in [2.24, 2.45) is 0 Å².